The summed E-state index contributed by atoms with van der Waals surface area (Å²) in [6, 6.07) is 0.440. The summed E-state index contributed by atoms with van der Waals surface area (Å²) in [6.45, 7) is 21.9. The van der Waals surface area contributed by atoms with E-state index in [2.05, 4.69) is 62.3 Å². The zero-order valence-electron chi connectivity index (χ0n) is 18.3. The standard InChI is InChI=1S/C23H47N/c1-10-21(23(22(7,8)9)14-20(24)15-23)18(5)12-11-17(4)19(6)13-16(2)3/h16-21H,10-15,24H2,1-9H3. The SMILES string of the molecule is CCC(C(C)CCC(C)C(C)CC(C)C)C1(C(C)(C)C)CC(N)C1. The van der Waals surface area contributed by atoms with Gasteiger partial charge in [-0.2, -0.15) is 0 Å². The molecule has 4 atom stereocenters. The molecule has 1 rings (SSSR count). The van der Waals surface area contributed by atoms with Crippen LogP contribution in [0.4, 0.5) is 0 Å². The fourth-order valence-corrected chi connectivity index (χ4v) is 5.67. The van der Waals surface area contributed by atoms with Gasteiger partial charge in [0.1, 0.15) is 0 Å². The molecular weight excluding hydrogens is 290 g/mol. The van der Waals surface area contributed by atoms with Gasteiger partial charge in [-0.15, -0.1) is 0 Å². The van der Waals surface area contributed by atoms with Gasteiger partial charge >= 0.3 is 0 Å². The van der Waals surface area contributed by atoms with Crippen LogP contribution in [0.5, 0.6) is 0 Å². The van der Waals surface area contributed by atoms with E-state index >= 15 is 0 Å². The smallest absolute Gasteiger partial charge is 0.00500 e. The summed E-state index contributed by atoms with van der Waals surface area (Å²) in [5, 5.41) is 0. The van der Waals surface area contributed by atoms with Crippen LogP contribution in [0.1, 0.15) is 101 Å². The Morgan fingerprint density at radius 2 is 1.42 bits per heavy atom. The summed E-state index contributed by atoms with van der Waals surface area (Å²) in [5.41, 5.74) is 7.09. The van der Waals surface area contributed by atoms with E-state index in [0.29, 0.717) is 16.9 Å². The van der Waals surface area contributed by atoms with Crippen LogP contribution in [0.15, 0.2) is 0 Å². The van der Waals surface area contributed by atoms with E-state index in [-0.39, 0.29) is 0 Å². The second-order valence-corrected chi connectivity index (χ2v) is 10.7. The Hall–Kier alpha value is -0.0400. The third-order valence-corrected chi connectivity index (χ3v) is 7.47. The van der Waals surface area contributed by atoms with Gasteiger partial charge < -0.3 is 5.73 Å². The third-order valence-electron chi connectivity index (χ3n) is 7.47. The highest BCUT2D eigenvalue weighted by atomic mass is 14.8. The molecule has 1 saturated carbocycles. The van der Waals surface area contributed by atoms with Crippen molar-refractivity contribution in [2.24, 2.45) is 46.2 Å². The minimum absolute atomic E-state index is 0.369. The molecule has 0 aromatic rings. The van der Waals surface area contributed by atoms with Crippen LogP contribution in [0.3, 0.4) is 0 Å². The van der Waals surface area contributed by atoms with Crippen LogP contribution in [-0.2, 0) is 0 Å². The molecule has 24 heavy (non-hydrogen) atoms. The highest BCUT2D eigenvalue weighted by Gasteiger charge is 2.55. The van der Waals surface area contributed by atoms with Gasteiger partial charge in [0.05, 0.1) is 0 Å². The highest BCUT2D eigenvalue weighted by molar-refractivity contribution is 5.06. The summed E-state index contributed by atoms with van der Waals surface area (Å²) >= 11 is 0. The molecule has 1 aliphatic rings. The van der Waals surface area contributed by atoms with Gasteiger partial charge in [-0.3, -0.25) is 0 Å². The van der Waals surface area contributed by atoms with Crippen molar-refractivity contribution in [3.63, 3.8) is 0 Å². The van der Waals surface area contributed by atoms with Crippen LogP contribution in [0.2, 0.25) is 0 Å². The van der Waals surface area contributed by atoms with Gasteiger partial charge in [-0.1, -0.05) is 81.6 Å². The Labute approximate surface area is 153 Å². The van der Waals surface area contributed by atoms with Gasteiger partial charge in [-0.25, -0.2) is 0 Å². The van der Waals surface area contributed by atoms with E-state index in [4.69, 9.17) is 5.73 Å². The van der Waals surface area contributed by atoms with Crippen LogP contribution >= 0.6 is 0 Å². The van der Waals surface area contributed by atoms with Crippen LogP contribution < -0.4 is 5.73 Å². The Bertz CT molecular complexity index is 359. The average Bonchev–Trinajstić information content (AvgIpc) is 2.41. The van der Waals surface area contributed by atoms with E-state index in [1.165, 1.54) is 38.5 Å². The zero-order valence-corrected chi connectivity index (χ0v) is 18.3. The van der Waals surface area contributed by atoms with Crippen LogP contribution in [0, 0.1) is 40.4 Å². The lowest BCUT2D eigenvalue weighted by Crippen LogP contribution is -2.58. The fraction of sp³-hybridized carbons (Fsp3) is 1.00. The molecule has 1 heteroatoms. The lowest BCUT2D eigenvalue weighted by Gasteiger charge is -2.60. The van der Waals surface area contributed by atoms with Gasteiger partial charge in [0.2, 0.25) is 0 Å². The maximum Gasteiger partial charge on any atom is 0.00500 e. The first-order valence-corrected chi connectivity index (χ1v) is 10.7. The number of rotatable bonds is 9. The van der Waals surface area contributed by atoms with Crippen molar-refractivity contribution in [2.45, 2.75) is 107 Å². The van der Waals surface area contributed by atoms with Crippen molar-refractivity contribution in [3.8, 4) is 0 Å². The maximum atomic E-state index is 6.25. The first-order chi connectivity index (χ1) is 10.9. The van der Waals surface area contributed by atoms with Crippen molar-refractivity contribution in [3.05, 3.63) is 0 Å². The summed E-state index contributed by atoms with van der Waals surface area (Å²) < 4.78 is 0. The van der Waals surface area contributed by atoms with E-state index in [9.17, 15) is 0 Å². The Balaban J connectivity index is 2.68. The number of nitrogens with two attached hydrogens (primary N) is 1. The molecule has 2 N–H and O–H groups in total. The normalized spacial score (nSPS) is 29.9. The van der Waals surface area contributed by atoms with Crippen molar-refractivity contribution >= 4 is 0 Å². The molecule has 1 aliphatic carbocycles. The Morgan fingerprint density at radius 1 is 0.917 bits per heavy atom. The largest absolute Gasteiger partial charge is 0.328 e. The molecule has 4 unspecified atom stereocenters. The summed E-state index contributed by atoms with van der Waals surface area (Å²) in [7, 11) is 0. The van der Waals surface area contributed by atoms with E-state index in [1.807, 2.05) is 0 Å². The molecule has 0 bridgehead atoms. The van der Waals surface area contributed by atoms with Crippen molar-refractivity contribution in [1.82, 2.24) is 0 Å². The monoisotopic (exact) mass is 337 g/mol. The minimum atomic E-state index is 0.369. The van der Waals surface area contributed by atoms with Crippen molar-refractivity contribution < 1.29 is 0 Å². The average molecular weight is 338 g/mol. The predicted octanol–water partition coefficient (Wildman–Crippen LogP) is 6.90. The van der Waals surface area contributed by atoms with E-state index in [0.717, 1.165) is 29.6 Å². The molecule has 144 valence electrons. The molecule has 0 aliphatic heterocycles. The lowest BCUT2D eigenvalue weighted by molar-refractivity contribution is -0.0966. The lowest BCUT2D eigenvalue weighted by atomic mass is 9.45. The summed E-state index contributed by atoms with van der Waals surface area (Å²) in [5.74, 6) is 4.16. The molecule has 0 spiro atoms. The Morgan fingerprint density at radius 3 is 1.79 bits per heavy atom. The van der Waals surface area contributed by atoms with Gasteiger partial charge in [0.25, 0.3) is 0 Å². The molecule has 1 fully saturated rings. The van der Waals surface area contributed by atoms with Crippen LogP contribution in [0.25, 0.3) is 0 Å². The zero-order chi connectivity index (χ0) is 18.7. The number of hydrogen-bond donors (Lipinski definition) is 1. The maximum absolute atomic E-state index is 6.25. The van der Waals surface area contributed by atoms with E-state index in [1.54, 1.807) is 0 Å². The fourth-order valence-electron chi connectivity index (χ4n) is 5.67. The second kappa shape index (κ2) is 8.56. The molecule has 0 aromatic heterocycles. The molecule has 0 saturated heterocycles. The number of hydrogen-bond acceptors (Lipinski definition) is 1. The van der Waals surface area contributed by atoms with Crippen molar-refractivity contribution in [1.29, 1.82) is 0 Å². The second-order valence-electron chi connectivity index (χ2n) is 10.7. The first kappa shape index (κ1) is 22.0. The van der Waals surface area contributed by atoms with E-state index < -0.39 is 0 Å². The third kappa shape index (κ3) is 4.99. The molecule has 0 radical (unpaired) electrons. The summed E-state index contributed by atoms with van der Waals surface area (Å²) in [4.78, 5) is 0. The van der Waals surface area contributed by atoms with Crippen molar-refractivity contribution in [2.75, 3.05) is 0 Å². The van der Waals surface area contributed by atoms with Gasteiger partial charge in [0, 0.05) is 6.04 Å². The molecule has 0 amide bonds. The van der Waals surface area contributed by atoms with Gasteiger partial charge in [-0.05, 0) is 59.7 Å². The molecule has 0 aromatic carbocycles. The van der Waals surface area contributed by atoms with Gasteiger partial charge in [0.15, 0.2) is 0 Å². The predicted molar refractivity (Wildman–Crippen MR) is 109 cm³/mol. The van der Waals surface area contributed by atoms with Crippen LogP contribution in [-0.4, -0.2) is 6.04 Å². The highest BCUT2D eigenvalue weighted by Crippen LogP contribution is 2.61. The molecule has 1 nitrogen and oxygen atoms in total. The minimum Gasteiger partial charge on any atom is -0.328 e. The first-order valence-electron chi connectivity index (χ1n) is 10.7. The topological polar surface area (TPSA) is 26.0 Å². The molecular formula is C23H47N. The summed E-state index contributed by atoms with van der Waals surface area (Å²) in [6.07, 6.45) is 7.92. The molecule has 0 heterocycles. The Kier molecular flexibility index (Phi) is 7.85. The quantitative estimate of drug-likeness (QED) is 0.486.